The van der Waals surface area contributed by atoms with Gasteiger partial charge in [-0.05, 0) is 30.7 Å². The lowest BCUT2D eigenvalue weighted by molar-refractivity contribution is -0.136. The van der Waals surface area contributed by atoms with Gasteiger partial charge in [0.05, 0.1) is 13.0 Å². The van der Waals surface area contributed by atoms with Crippen LogP contribution in [0.4, 0.5) is 0 Å². The molecule has 1 aromatic carbocycles. The average Bonchev–Trinajstić information content (AvgIpc) is 3.25. The Hall–Kier alpha value is -1.79. The van der Waals surface area contributed by atoms with Crippen LogP contribution in [-0.4, -0.2) is 61.4 Å². The Bertz CT molecular complexity index is 602. The molecule has 2 heterocycles. The summed E-state index contributed by atoms with van der Waals surface area (Å²) >= 11 is 0. The maximum Gasteiger partial charge on any atom is 0.228 e. The van der Waals surface area contributed by atoms with Crippen LogP contribution in [-0.2, 0) is 16.1 Å². The summed E-state index contributed by atoms with van der Waals surface area (Å²) in [5.74, 6) is 0.726. The first kappa shape index (κ1) is 19.5. The van der Waals surface area contributed by atoms with E-state index in [4.69, 9.17) is 4.74 Å². The van der Waals surface area contributed by atoms with Crippen LogP contribution in [0, 0.1) is 5.92 Å². The van der Waals surface area contributed by atoms with Crippen molar-refractivity contribution >= 4 is 24.2 Å². The van der Waals surface area contributed by atoms with Gasteiger partial charge in [-0.15, -0.1) is 12.4 Å². The standard InChI is InChI=1S/C18H25N3O3.ClH/c1-20(15-7-8-19-10-15)18(23)14-9-17(22)21(12-14)11-13-3-5-16(24-2)6-4-13;/h3-6,14-15,19H,7-12H2,1-2H3;1H. The third kappa shape index (κ3) is 4.44. The molecule has 2 aliphatic heterocycles. The molecular formula is C18H26ClN3O3. The van der Waals surface area contributed by atoms with Crippen molar-refractivity contribution in [3.8, 4) is 5.75 Å². The maximum absolute atomic E-state index is 12.7. The summed E-state index contributed by atoms with van der Waals surface area (Å²) in [6.07, 6.45) is 1.30. The molecule has 2 atom stereocenters. The van der Waals surface area contributed by atoms with Gasteiger partial charge in [-0.1, -0.05) is 12.1 Å². The van der Waals surface area contributed by atoms with E-state index in [0.29, 0.717) is 19.5 Å². The first-order valence-corrected chi connectivity index (χ1v) is 8.46. The lowest BCUT2D eigenvalue weighted by atomic mass is 10.1. The first-order chi connectivity index (χ1) is 11.6. The van der Waals surface area contributed by atoms with Crippen molar-refractivity contribution in [2.24, 2.45) is 5.92 Å². The molecule has 0 radical (unpaired) electrons. The summed E-state index contributed by atoms with van der Waals surface area (Å²) in [5, 5.41) is 3.28. The summed E-state index contributed by atoms with van der Waals surface area (Å²) in [7, 11) is 3.49. The number of ether oxygens (including phenoxy) is 1. The second-order valence-corrected chi connectivity index (χ2v) is 6.62. The molecule has 25 heavy (non-hydrogen) atoms. The highest BCUT2D eigenvalue weighted by Crippen LogP contribution is 2.24. The minimum absolute atomic E-state index is 0. The van der Waals surface area contributed by atoms with Crippen molar-refractivity contribution in [1.29, 1.82) is 0 Å². The Morgan fingerprint density at radius 1 is 1.36 bits per heavy atom. The zero-order chi connectivity index (χ0) is 17.1. The fraction of sp³-hybridized carbons (Fsp3) is 0.556. The fourth-order valence-electron chi connectivity index (χ4n) is 3.48. The van der Waals surface area contributed by atoms with E-state index in [1.165, 1.54) is 0 Å². The predicted molar refractivity (Wildman–Crippen MR) is 97.8 cm³/mol. The number of methoxy groups -OCH3 is 1. The summed E-state index contributed by atoms with van der Waals surface area (Å²) < 4.78 is 5.15. The molecule has 0 aromatic heterocycles. The Labute approximate surface area is 154 Å². The molecule has 3 rings (SSSR count). The number of benzene rings is 1. The normalized spacial score (nSPS) is 22.6. The van der Waals surface area contributed by atoms with Crippen LogP contribution in [0.25, 0.3) is 0 Å². The van der Waals surface area contributed by atoms with E-state index in [-0.39, 0.29) is 36.2 Å². The monoisotopic (exact) mass is 367 g/mol. The highest BCUT2D eigenvalue weighted by Gasteiger charge is 2.37. The molecule has 0 aliphatic carbocycles. The molecule has 7 heteroatoms. The number of nitrogens with one attached hydrogen (secondary N) is 1. The summed E-state index contributed by atoms with van der Waals surface area (Å²) in [6.45, 7) is 2.85. The Morgan fingerprint density at radius 3 is 2.68 bits per heavy atom. The largest absolute Gasteiger partial charge is 0.497 e. The minimum atomic E-state index is -0.221. The quantitative estimate of drug-likeness (QED) is 0.851. The molecule has 2 aliphatic rings. The third-order valence-corrected chi connectivity index (χ3v) is 5.03. The van der Waals surface area contributed by atoms with Gasteiger partial charge in [-0.3, -0.25) is 9.59 Å². The van der Waals surface area contributed by atoms with Crippen LogP contribution in [0.3, 0.4) is 0 Å². The highest BCUT2D eigenvalue weighted by atomic mass is 35.5. The van der Waals surface area contributed by atoms with E-state index in [2.05, 4.69) is 5.32 Å². The molecule has 2 fully saturated rings. The number of halogens is 1. The van der Waals surface area contributed by atoms with Gasteiger partial charge < -0.3 is 19.9 Å². The smallest absolute Gasteiger partial charge is 0.228 e. The Morgan fingerprint density at radius 2 is 2.08 bits per heavy atom. The van der Waals surface area contributed by atoms with E-state index in [0.717, 1.165) is 30.8 Å². The molecule has 0 bridgehead atoms. The third-order valence-electron chi connectivity index (χ3n) is 5.03. The summed E-state index contributed by atoms with van der Waals surface area (Å²) in [4.78, 5) is 28.6. The van der Waals surface area contributed by atoms with Crippen molar-refractivity contribution in [3.63, 3.8) is 0 Å². The Balaban J connectivity index is 0.00000225. The fourth-order valence-corrected chi connectivity index (χ4v) is 3.48. The maximum atomic E-state index is 12.7. The van der Waals surface area contributed by atoms with Crippen molar-refractivity contribution in [1.82, 2.24) is 15.1 Å². The molecule has 0 spiro atoms. The van der Waals surface area contributed by atoms with Crippen molar-refractivity contribution in [2.75, 3.05) is 33.8 Å². The predicted octanol–water partition coefficient (Wildman–Crippen LogP) is 1.29. The van der Waals surface area contributed by atoms with Crippen LogP contribution >= 0.6 is 12.4 Å². The molecule has 2 unspecified atom stereocenters. The molecular weight excluding hydrogens is 342 g/mol. The second kappa shape index (κ2) is 8.54. The summed E-state index contributed by atoms with van der Waals surface area (Å²) in [5.41, 5.74) is 1.05. The number of likely N-dealkylation sites (tertiary alicyclic amines) is 1. The van der Waals surface area contributed by atoms with Gasteiger partial charge in [0.1, 0.15) is 5.75 Å². The zero-order valence-electron chi connectivity index (χ0n) is 14.7. The van der Waals surface area contributed by atoms with Crippen LogP contribution < -0.4 is 10.1 Å². The number of hydrogen-bond donors (Lipinski definition) is 1. The molecule has 0 saturated carbocycles. The van der Waals surface area contributed by atoms with E-state index in [1.54, 1.807) is 12.0 Å². The molecule has 1 aromatic rings. The van der Waals surface area contributed by atoms with Crippen LogP contribution in [0.2, 0.25) is 0 Å². The second-order valence-electron chi connectivity index (χ2n) is 6.62. The van der Waals surface area contributed by atoms with E-state index in [1.807, 2.05) is 36.2 Å². The van der Waals surface area contributed by atoms with Gasteiger partial charge in [-0.2, -0.15) is 0 Å². The van der Waals surface area contributed by atoms with Crippen LogP contribution in [0.1, 0.15) is 18.4 Å². The molecule has 6 nitrogen and oxygen atoms in total. The van der Waals surface area contributed by atoms with Crippen LogP contribution in [0.15, 0.2) is 24.3 Å². The topological polar surface area (TPSA) is 61.9 Å². The number of likely N-dealkylation sites (N-methyl/N-ethyl adjacent to an activating group) is 1. The van der Waals surface area contributed by atoms with Gasteiger partial charge in [0.2, 0.25) is 11.8 Å². The Kier molecular flexibility index (Phi) is 6.67. The van der Waals surface area contributed by atoms with Gasteiger partial charge >= 0.3 is 0 Å². The molecule has 2 saturated heterocycles. The number of nitrogens with zero attached hydrogens (tertiary/aromatic N) is 2. The number of carbonyl (C=O) groups is 2. The van der Waals surface area contributed by atoms with Gasteiger partial charge in [0.25, 0.3) is 0 Å². The van der Waals surface area contributed by atoms with Crippen molar-refractivity contribution < 1.29 is 14.3 Å². The van der Waals surface area contributed by atoms with Gasteiger partial charge in [-0.25, -0.2) is 0 Å². The van der Waals surface area contributed by atoms with Gasteiger partial charge in [0.15, 0.2) is 0 Å². The number of amides is 2. The summed E-state index contributed by atoms with van der Waals surface area (Å²) in [6, 6.07) is 7.94. The number of rotatable bonds is 5. The SMILES string of the molecule is COc1ccc(CN2CC(C(=O)N(C)C3CCNC3)CC2=O)cc1.Cl. The van der Waals surface area contributed by atoms with E-state index >= 15 is 0 Å². The number of hydrogen-bond acceptors (Lipinski definition) is 4. The van der Waals surface area contributed by atoms with Gasteiger partial charge in [0, 0.05) is 39.1 Å². The van der Waals surface area contributed by atoms with E-state index < -0.39 is 0 Å². The lowest BCUT2D eigenvalue weighted by Gasteiger charge is -2.26. The van der Waals surface area contributed by atoms with Crippen molar-refractivity contribution in [2.45, 2.75) is 25.4 Å². The minimum Gasteiger partial charge on any atom is -0.497 e. The zero-order valence-corrected chi connectivity index (χ0v) is 15.6. The molecule has 138 valence electrons. The molecule has 2 amide bonds. The van der Waals surface area contributed by atoms with E-state index in [9.17, 15) is 9.59 Å². The number of carbonyl (C=O) groups excluding carboxylic acids is 2. The molecule has 1 N–H and O–H groups in total. The van der Waals surface area contributed by atoms with Crippen LogP contribution in [0.5, 0.6) is 5.75 Å². The lowest BCUT2D eigenvalue weighted by Crippen LogP contribution is -2.42. The average molecular weight is 368 g/mol. The van der Waals surface area contributed by atoms with Crippen molar-refractivity contribution in [3.05, 3.63) is 29.8 Å². The highest BCUT2D eigenvalue weighted by molar-refractivity contribution is 5.89. The first-order valence-electron chi connectivity index (χ1n) is 8.46.